The van der Waals surface area contributed by atoms with Crippen LogP contribution in [0.25, 0.3) is 42.9 Å². The molecule has 0 saturated heterocycles. The minimum Gasteiger partial charge on any atom is -0.481 e. The number of hydrogen-bond acceptors (Lipinski definition) is 5. The van der Waals surface area contributed by atoms with Gasteiger partial charge in [-0.05, 0) is 68.7 Å². The first-order valence-corrected chi connectivity index (χ1v) is 13.1. The summed E-state index contributed by atoms with van der Waals surface area (Å²) < 4.78 is 16.7. The van der Waals surface area contributed by atoms with Crippen molar-refractivity contribution < 1.29 is 19.4 Å². The van der Waals surface area contributed by atoms with Crippen molar-refractivity contribution in [3.8, 4) is 34.5 Å². The zero-order chi connectivity index (χ0) is 29.1. The molecule has 0 fully saturated rings. The van der Waals surface area contributed by atoms with Gasteiger partial charge in [-0.2, -0.15) is 0 Å². The number of benzene rings is 2. The number of carboxylic acid groups (broad SMARTS) is 1. The number of rotatable bonds is 4. The molecule has 0 saturated carbocycles. The maximum Gasteiger partial charge on any atom is 0.307 e. The van der Waals surface area contributed by atoms with Gasteiger partial charge in [-0.15, -0.1) is 24.2 Å². The van der Waals surface area contributed by atoms with Crippen LogP contribution in [0.4, 0.5) is 4.39 Å². The molecule has 0 unspecified atom stereocenters. The van der Waals surface area contributed by atoms with Crippen LogP contribution in [0.2, 0.25) is 5.02 Å². The highest BCUT2D eigenvalue weighted by atomic mass is 35.5. The van der Waals surface area contributed by atoms with E-state index in [0.717, 1.165) is 43.0 Å². The summed E-state index contributed by atoms with van der Waals surface area (Å²) in [7, 11) is 1.86. The van der Waals surface area contributed by atoms with Gasteiger partial charge in [-0.1, -0.05) is 23.7 Å². The Balaban J connectivity index is 0.000000542. The van der Waals surface area contributed by atoms with Gasteiger partial charge in [-0.25, -0.2) is 14.4 Å². The summed E-state index contributed by atoms with van der Waals surface area (Å²) in [5, 5.41) is 20.1. The second kappa shape index (κ2) is 12.0. The van der Waals surface area contributed by atoms with E-state index in [1.165, 1.54) is 23.6 Å². The van der Waals surface area contributed by atoms with Crippen molar-refractivity contribution in [3.63, 3.8) is 0 Å². The van der Waals surface area contributed by atoms with Crippen LogP contribution < -0.4 is 0 Å². The van der Waals surface area contributed by atoms with E-state index in [1.54, 1.807) is 32.9 Å². The van der Waals surface area contributed by atoms with E-state index < -0.39 is 17.4 Å². The number of aryl methyl sites for hydroxylation is 2. The number of fused-ring (bicyclic) bond motifs is 2. The highest BCUT2D eigenvalue weighted by Crippen LogP contribution is 2.42. The zero-order valence-corrected chi connectivity index (χ0v) is 23.9. The highest BCUT2D eigenvalue weighted by molar-refractivity contribution is 7.22. The van der Waals surface area contributed by atoms with Crippen molar-refractivity contribution in [2.75, 3.05) is 0 Å². The van der Waals surface area contributed by atoms with Crippen molar-refractivity contribution in [3.05, 3.63) is 70.8 Å². The third-order valence-corrected chi connectivity index (χ3v) is 6.86. The van der Waals surface area contributed by atoms with Gasteiger partial charge >= 0.3 is 5.97 Å². The predicted molar refractivity (Wildman–Crippen MR) is 158 cm³/mol. The molecule has 0 aliphatic rings. The van der Waals surface area contributed by atoms with Gasteiger partial charge < -0.3 is 14.8 Å². The van der Waals surface area contributed by atoms with Gasteiger partial charge in [-0.3, -0.25) is 4.79 Å². The lowest BCUT2D eigenvalue weighted by atomic mass is 9.93. The van der Waals surface area contributed by atoms with E-state index in [-0.39, 0.29) is 6.42 Å². The summed E-state index contributed by atoms with van der Waals surface area (Å²) in [5.74, 6) is -1.31. The Morgan fingerprint density at radius 3 is 2.38 bits per heavy atom. The molecule has 0 aliphatic carbocycles. The molecule has 9 heteroatoms. The molecule has 2 aromatic carbocycles. The number of carboxylic acids is 1. The number of aliphatic hydroxyl groups is 1. The molecule has 6 nitrogen and oxygen atoms in total. The molecular weight excluding hydrogens is 537 g/mol. The predicted octanol–water partition coefficient (Wildman–Crippen LogP) is 7.27. The number of terminal acetylenes is 1. The average molecular weight is 566 g/mol. The van der Waals surface area contributed by atoms with Crippen molar-refractivity contribution >= 4 is 50.2 Å². The second-order valence-corrected chi connectivity index (χ2v) is 11.3. The Kier molecular flexibility index (Phi) is 9.13. The Bertz CT molecular complexity index is 1660. The van der Waals surface area contributed by atoms with E-state index in [4.69, 9.17) is 21.7 Å². The van der Waals surface area contributed by atoms with Gasteiger partial charge in [0, 0.05) is 34.8 Å². The molecule has 0 amide bonds. The van der Waals surface area contributed by atoms with Crippen molar-refractivity contribution in [2.24, 2.45) is 7.05 Å². The number of hydrogen-bond donors (Lipinski definition) is 2. The van der Waals surface area contributed by atoms with Gasteiger partial charge in [0.25, 0.3) is 0 Å². The first kappa shape index (κ1) is 29.8. The number of thiazole rings is 1. The van der Waals surface area contributed by atoms with Crippen LogP contribution in [0, 0.1) is 25.6 Å². The standard InChI is InChI=1S/C24H17ClFN3O2S.C4H10O.C2H2/c1-12-7-19-22(21(16(12)9-20(30)31)13-3-5-14(25)6-4-13)32-24(28-19)18-11-29(2)23-17(18)8-15(26)10-27-23;1-4(2,3)5;1-2/h3-8,10-11H,9H2,1-2H3,(H,30,31);5H,1-3H3;1-2H. The molecule has 39 heavy (non-hydrogen) atoms. The van der Waals surface area contributed by atoms with Gasteiger partial charge in [0.05, 0.1) is 28.4 Å². The highest BCUT2D eigenvalue weighted by Gasteiger charge is 2.21. The lowest BCUT2D eigenvalue weighted by Gasteiger charge is -2.13. The van der Waals surface area contributed by atoms with E-state index in [1.807, 2.05) is 42.9 Å². The van der Waals surface area contributed by atoms with Crippen LogP contribution in [0.15, 0.2) is 48.8 Å². The molecule has 0 aliphatic heterocycles. The van der Waals surface area contributed by atoms with Gasteiger partial charge in [0.2, 0.25) is 0 Å². The monoisotopic (exact) mass is 565 g/mol. The van der Waals surface area contributed by atoms with Crippen LogP contribution in [-0.4, -0.2) is 36.3 Å². The number of carbonyl (C=O) groups is 1. The lowest BCUT2D eigenvalue weighted by Crippen LogP contribution is -2.10. The van der Waals surface area contributed by atoms with Crippen LogP contribution in [0.5, 0.6) is 0 Å². The van der Waals surface area contributed by atoms with Crippen molar-refractivity contribution in [2.45, 2.75) is 39.7 Å². The Hall–Kier alpha value is -3.77. The number of halogens is 2. The molecular formula is C30H29ClFN3O3S. The number of aromatic nitrogens is 3. The molecule has 0 spiro atoms. The molecule has 5 rings (SSSR count). The SMILES string of the molecule is C#C.CC(C)(C)O.Cc1cc2nc(-c3cn(C)c4ncc(F)cc34)sc2c(-c2ccc(Cl)cc2)c1CC(=O)O. The summed E-state index contributed by atoms with van der Waals surface area (Å²) in [6, 6.07) is 10.7. The summed E-state index contributed by atoms with van der Waals surface area (Å²) in [5.41, 5.74) is 5.03. The molecule has 3 aromatic heterocycles. The normalized spacial score (nSPS) is 11.0. The first-order valence-electron chi connectivity index (χ1n) is 11.9. The molecule has 202 valence electrons. The Labute approximate surface area is 235 Å². The summed E-state index contributed by atoms with van der Waals surface area (Å²) in [6.07, 6.45) is 11.0. The maximum absolute atomic E-state index is 13.9. The number of pyridine rings is 1. The van der Waals surface area contributed by atoms with Gasteiger partial charge in [0.1, 0.15) is 16.5 Å². The van der Waals surface area contributed by atoms with Gasteiger partial charge in [0.15, 0.2) is 0 Å². The lowest BCUT2D eigenvalue weighted by molar-refractivity contribution is -0.136. The third-order valence-electron chi connectivity index (χ3n) is 5.48. The summed E-state index contributed by atoms with van der Waals surface area (Å²) in [4.78, 5) is 20.7. The van der Waals surface area contributed by atoms with E-state index in [9.17, 15) is 14.3 Å². The zero-order valence-electron chi connectivity index (χ0n) is 22.3. The molecule has 2 N–H and O–H groups in total. The minimum absolute atomic E-state index is 0.101. The Morgan fingerprint density at radius 1 is 1.18 bits per heavy atom. The maximum atomic E-state index is 13.9. The Morgan fingerprint density at radius 2 is 1.79 bits per heavy atom. The van der Waals surface area contributed by atoms with Crippen LogP contribution in [-0.2, 0) is 18.3 Å². The fourth-order valence-electron chi connectivity index (χ4n) is 4.06. The van der Waals surface area contributed by atoms with Crippen LogP contribution >= 0.6 is 22.9 Å². The van der Waals surface area contributed by atoms with Crippen LogP contribution in [0.3, 0.4) is 0 Å². The average Bonchev–Trinajstić information content (AvgIpc) is 3.40. The summed E-state index contributed by atoms with van der Waals surface area (Å²) >= 11 is 7.54. The first-order chi connectivity index (χ1) is 18.3. The molecule has 3 heterocycles. The minimum atomic E-state index is -0.900. The topological polar surface area (TPSA) is 88.2 Å². The fraction of sp³-hybridized carbons (Fsp3) is 0.233. The second-order valence-electron chi connectivity index (χ2n) is 9.84. The van der Waals surface area contributed by atoms with Crippen molar-refractivity contribution in [1.29, 1.82) is 0 Å². The molecule has 0 atom stereocenters. The quantitative estimate of drug-likeness (QED) is 0.224. The molecule has 5 aromatic rings. The smallest absolute Gasteiger partial charge is 0.307 e. The molecule has 0 radical (unpaired) electrons. The van der Waals surface area contributed by atoms with Crippen molar-refractivity contribution in [1.82, 2.24) is 14.5 Å². The molecule has 0 bridgehead atoms. The van der Waals surface area contributed by atoms with E-state index in [0.29, 0.717) is 16.1 Å². The van der Waals surface area contributed by atoms with E-state index >= 15 is 0 Å². The number of aliphatic carboxylic acids is 1. The van der Waals surface area contributed by atoms with E-state index in [2.05, 4.69) is 17.8 Å². The van der Waals surface area contributed by atoms with Crippen LogP contribution in [0.1, 0.15) is 31.9 Å². The summed E-state index contributed by atoms with van der Waals surface area (Å²) in [6.45, 7) is 7.13. The fourth-order valence-corrected chi connectivity index (χ4v) is 5.35. The third kappa shape index (κ3) is 7.01. The number of nitrogens with zero attached hydrogens (tertiary/aromatic N) is 3. The largest absolute Gasteiger partial charge is 0.481 e.